The topological polar surface area (TPSA) is 77.3 Å². The third-order valence-corrected chi connectivity index (χ3v) is 11.2. The van der Waals surface area contributed by atoms with Gasteiger partial charge in [0, 0.05) is 35.3 Å². The number of hydrogen-bond acceptors (Lipinski definition) is 6. The van der Waals surface area contributed by atoms with Gasteiger partial charge in [0.2, 0.25) is 0 Å². The number of benzene rings is 6. The van der Waals surface area contributed by atoms with E-state index in [1.807, 2.05) is 115 Å². The van der Waals surface area contributed by atoms with E-state index in [1.54, 1.807) is 30.7 Å². The minimum atomic E-state index is -0.252. The second-order valence-corrected chi connectivity index (χ2v) is 18.4. The first-order valence-electron chi connectivity index (χ1n) is 22.9. The Labute approximate surface area is 425 Å². The molecule has 6 aromatic carbocycles. The second-order valence-electron chi connectivity index (χ2n) is 18.4. The van der Waals surface area contributed by atoms with Crippen LogP contribution in [0.15, 0.2) is 207 Å². The van der Waals surface area contributed by atoms with Crippen molar-refractivity contribution in [2.24, 2.45) is 0 Å². The van der Waals surface area contributed by atoms with Gasteiger partial charge < -0.3 is 15.0 Å². The van der Waals surface area contributed by atoms with Crippen molar-refractivity contribution >= 4 is 0 Å². The number of nitrogens with zero attached hydrogens (tertiary/aromatic N) is 6. The van der Waals surface area contributed by atoms with Crippen LogP contribution in [0.1, 0.15) is 52.7 Å². The first-order chi connectivity index (χ1) is 33.4. The molecule has 0 amide bonds. The quantitative estimate of drug-likeness (QED) is 0.148. The summed E-state index contributed by atoms with van der Waals surface area (Å²) in [5.41, 5.74) is 12.8. The van der Waals surface area contributed by atoms with E-state index in [4.69, 9.17) is 19.9 Å². The molecule has 0 spiro atoms. The van der Waals surface area contributed by atoms with Gasteiger partial charge in [-0.3, -0.25) is 0 Å². The fourth-order valence-corrected chi connectivity index (χ4v) is 7.24. The van der Waals surface area contributed by atoms with Gasteiger partial charge in [0.15, 0.2) is 17.5 Å². The Bertz CT molecular complexity index is 2930. The molecule has 0 unspecified atom stereocenters. The molecule has 0 saturated carbocycles. The summed E-state index contributed by atoms with van der Waals surface area (Å²) < 4.78 is 13.3. The average Bonchev–Trinajstić information content (AvgIpc) is 3.40. The largest absolute Gasteiger partial charge is 3.00 e. The Morgan fingerprint density at radius 2 is 0.786 bits per heavy atom. The minimum absolute atomic E-state index is 0. The first kappa shape index (κ1) is 50.2. The molecule has 0 aliphatic rings. The SMILES string of the molecule is CC(C)(C)c1ccc(-c2nc(-c3ccc(C(C)(C)C)cc3)nc(-c3ccc(-c4[c-]cc(-c5ccc(F)cc5)cc4)nc3)n2)cc1.[Ir+3].[c-]1ccccc1-c1ccccn1.[c-]1ccccc1-c1ccccn1. The molecule has 0 atom stereocenters. The molecule has 0 saturated heterocycles. The number of aromatic nitrogens is 6. The van der Waals surface area contributed by atoms with Crippen LogP contribution >= 0.6 is 0 Å². The molecular formula is C62H52FIrN6. The van der Waals surface area contributed by atoms with E-state index in [9.17, 15) is 4.39 Å². The Morgan fingerprint density at radius 3 is 1.17 bits per heavy atom. The number of rotatable bonds is 7. The van der Waals surface area contributed by atoms with E-state index in [2.05, 4.69) is 118 Å². The van der Waals surface area contributed by atoms with E-state index < -0.39 is 0 Å². The Balaban J connectivity index is 0.000000233. The maximum absolute atomic E-state index is 13.3. The van der Waals surface area contributed by atoms with E-state index in [0.717, 1.165) is 61.6 Å². The molecule has 10 rings (SSSR count). The molecular weight excluding hydrogens is 1040 g/mol. The van der Waals surface area contributed by atoms with Gasteiger partial charge in [-0.1, -0.05) is 150 Å². The van der Waals surface area contributed by atoms with Crippen LogP contribution in [-0.2, 0) is 30.9 Å². The summed E-state index contributed by atoms with van der Waals surface area (Å²) >= 11 is 0. The maximum atomic E-state index is 13.3. The molecule has 0 aliphatic heterocycles. The summed E-state index contributed by atoms with van der Waals surface area (Å²) in [4.78, 5) is 27.9. The summed E-state index contributed by atoms with van der Waals surface area (Å²) in [5.74, 6) is 1.54. The van der Waals surface area contributed by atoms with Crippen molar-refractivity contribution in [1.29, 1.82) is 0 Å². The molecule has 346 valence electrons. The van der Waals surface area contributed by atoms with Crippen molar-refractivity contribution in [3.63, 3.8) is 0 Å². The monoisotopic (exact) mass is 1090 g/mol. The van der Waals surface area contributed by atoms with Crippen LogP contribution in [-0.4, -0.2) is 29.9 Å². The van der Waals surface area contributed by atoms with Crippen LogP contribution in [0, 0.1) is 24.0 Å². The maximum Gasteiger partial charge on any atom is 3.00 e. The normalized spacial score (nSPS) is 11.0. The van der Waals surface area contributed by atoms with Gasteiger partial charge in [-0.05, 0) is 63.3 Å². The molecule has 8 heteroatoms. The molecule has 0 fully saturated rings. The van der Waals surface area contributed by atoms with Crippen molar-refractivity contribution < 1.29 is 24.5 Å². The molecule has 4 heterocycles. The molecule has 0 aliphatic carbocycles. The third-order valence-electron chi connectivity index (χ3n) is 11.2. The van der Waals surface area contributed by atoms with Crippen LogP contribution in [0.3, 0.4) is 0 Å². The van der Waals surface area contributed by atoms with Crippen LogP contribution in [0.25, 0.3) is 79.1 Å². The average molecular weight is 1090 g/mol. The zero-order valence-electron chi connectivity index (χ0n) is 40.0. The summed E-state index contributed by atoms with van der Waals surface area (Å²) in [7, 11) is 0. The van der Waals surface area contributed by atoms with Crippen LogP contribution in [0.2, 0.25) is 0 Å². The van der Waals surface area contributed by atoms with Gasteiger partial charge in [-0.2, -0.15) is 0 Å². The minimum Gasteiger partial charge on any atom is -0.305 e. The van der Waals surface area contributed by atoms with Gasteiger partial charge >= 0.3 is 20.1 Å². The van der Waals surface area contributed by atoms with Gasteiger partial charge in [0.05, 0.1) is 0 Å². The van der Waals surface area contributed by atoms with E-state index >= 15 is 0 Å². The number of halogens is 1. The smallest absolute Gasteiger partial charge is 0.305 e. The zero-order valence-corrected chi connectivity index (χ0v) is 42.4. The molecule has 6 nitrogen and oxygen atoms in total. The first-order valence-corrected chi connectivity index (χ1v) is 22.9. The Hall–Kier alpha value is -7.64. The summed E-state index contributed by atoms with van der Waals surface area (Å²) in [6.45, 7) is 13.2. The zero-order chi connectivity index (χ0) is 48.2. The van der Waals surface area contributed by atoms with Crippen molar-refractivity contribution in [1.82, 2.24) is 29.9 Å². The van der Waals surface area contributed by atoms with Crippen LogP contribution in [0.5, 0.6) is 0 Å². The Kier molecular flexibility index (Phi) is 16.6. The van der Waals surface area contributed by atoms with E-state index in [-0.39, 0.29) is 36.8 Å². The molecule has 0 radical (unpaired) electrons. The molecule has 4 aromatic heterocycles. The fourth-order valence-electron chi connectivity index (χ4n) is 7.24. The standard InChI is InChI=1S/C40H36FN4.2C11H8N.Ir/c1-39(2,3)32-18-11-29(12-19-32)36-43-37(30-13-20-33(21-14-30)40(4,5)6)45-38(44-36)31-17-24-35(42-25-31)28-9-7-26(8-10-28)27-15-22-34(41)23-16-27;2*1-2-6-10(7-3-1)11-8-4-5-9-12-11;/h7-9,11-25H,1-6H3;2*1-6,8-9H;/q3*-1;+3. The summed E-state index contributed by atoms with van der Waals surface area (Å²) in [6, 6.07) is 70.1. The van der Waals surface area contributed by atoms with E-state index in [1.165, 1.54) is 23.3 Å². The van der Waals surface area contributed by atoms with Crippen molar-refractivity contribution in [3.8, 4) is 79.1 Å². The molecule has 10 aromatic rings. The van der Waals surface area contributed by atoms with Crippen LogP contribution < -0.4 is 0 Å². The Morgan fingerprint density at radius 1 is 0.371 bits per heavy atom. The van der Waals surface area contributed by atoms with Crippen molar-refractivity contribution in [2.45, 2.75) is 52.4 Å². The second kappa shape index (κ2) is 23.1. The van der Waals surface area contributed by atoms with Gasteiger partial charge in [-0.25, -0.2) is 19.3 Å². The van der Waals surface area contributed by atoms with Gasteiger partial charge in [-0.15, -0.1) is 102 Å². The predicted octanol–water partition coefficient (Wildman–Crippen LogP) is 15.2. The van der Waals surface area contributed by atoms with Crippen molar-refractivity contribution in [3.05, 3.63) is 242 Å². The van der Waals surface area contributed by atoms with Gasteiger partial charge in [0.25, 0.3) is 0 Å². The molecule has 0 bridgehead atoms. The number of hydrogen-bond donors (Lipinski definition) is 0. The molecule has 70 heavy (non-hydrogen) atoms. The third kappa shape index (κ3) is 13.3. The summed E-state index contributed by atoms with van der Waals surface area (Å²) in [6.07, 6.45) is 5.37. The fraction of sp³-hybridized carbons (Fsp3) is 0.129. The predicted molar refractivity (Wildman–Crippen MR) is 278 cm³/mol. The summed E-state index contributed by atoms with van der Waals surface area (Å²) in [5, 5.41) is 0. The number of pyridine rings is 3. The molecule has 0 N–H and O–H groups in total. The van der Waals surface area contributed by atoms with Crippen LogP contribution in [0.4, 0.5) is 4.39 Å². The van der Waals surface area contributed by atoms with E-state index in [0.29, 0.717) is 17.5 Å². The van der Waals surface area contributed by atoms with Gasteiger partial charge in [0.1, 0.15) is 5.82 Å². The van der Waals surface area contributed by atoms with Crippen molar-refractivity contribution in [2.75, 3.05) is 0 Å².